The van der Waals surface area contributed by atoms with Crippen LogP contribution in [0.3, 0.4) is 0 Å². The molecule has 8 heteroatoms. The number of nitrogens with zero attached hydrogens (tertiary/aromatic N) is 4. The summed E-state index contributed by atoms with van der Waals surface area (Å²) in [6.45, 7) is 3.77. The Balaban J connectivity index is 1.68. The van der Waals surface area contributed by atoms with Gasteiger partial charge in [0.2, 0.25) is 5.91 Å². The van der Waals surface area contributed by atoms with Gasteiger partial charge in [0.05, 0.1) is 6.20 Å². The number of rotatable bonds is 9. The molecule has 1 aliphatic heterocycles. The van der Waals surface area contributed by atoms with Crippen LogP contribution in [-0.4, -0.2) is 44.8 Å². The number of anilines is 2. The Morgan fingerprint density at radius 2 is 2.15 bits per heavy atom. The van der Waals surface area contributed by atoms with Gasteiger partial charge in [0.1, 0.15) is 11.6 Å². The summed E-state index contributed by atoms with van der Waals surface area (Å²) in [4.78, 5) is 18.5. The zero-order valence-corrected chi connectivity index (χ0v) is 19.1. The Labute approximate surface area is 194 Å². The molecule has 0 saturated carbocycles. The Bertz CT molecular complexity index is 1140. The summed E-state index contributed by atoms with van der Waals surface area (Å²) in [5.41, 5.74) is 9.20. The number of nitrogens with two attached hydrogens (primary N) is 1. The molecule has 33 heavy (non-hydrogen) atoms. The summed E-state index contributed by atoms with van der Waals surface area (Å²) in [6.07, 6.45) is 9.95. The van der Waals surface area contributed by atoms with Crippen molar-refractivity contribution < 1.29 is 9.90 Å². The van der Waals surface area contributed by atoms with Gasteiger partial charge in [-0.25, -0.2) is 4.98 Å². The van der Waals surface area contributed by atoms with Crippen molar-refractivity contribution in [2.75, 3.05) is 23.4 Å². The van der Waals surface area contributed by atoms with E-state index in [1.165, 1.54) is 12.5 Å². The molecule has 3 heterocycles. The topological polar surface area (TPSA) is 109 Å². The van der Waals surface area contributed by atoms with Gasteiger partial charge in [0.25, 0.3) is 0 Å². The Morgan fingerprint density at radius 3 is 2.94 bits per heavy atom. The van der Waals surface area contributed by atoms with E-state index in [-0.39, 0.29) is 6.61 Å². The summed E-state index contributed by atoms with van der Waals surface area (Å²) >= 11 is 0. The second-order valence-electron chi connectivity index (χ2n) is 8.40. The summed E-state index contributed by atoms with van der Waals surface area (Å²) in [5.74, 6) is 1.30. The number of aliphatic hydroxyl groups is 1. The van der Waals surface area contributed by atoms with Crippen molar-refractivity contribution in [3.63, 3.8) is 0 Å². The minimum absolute atomic E-state index is 0.178. The highest BCUT2D eigenvalue weighted by Crippen LogP contribution is 2.29. The van der Waals surface area contributed by atoms with E-state index >= 15 is 0 Å². The molecule has 1 amide bonds. The largest absolute Gasteiger partial charge is 0.396 e. The monoisotopic (exact) mass is 448 g/mol. The predicted molar refractivity (Wildman–Crippen MR) is 131 cm³/mol. The van der Waals surface area contributed by atoms with E-state index < -0.39 is 5.91 Å². The van der Waals surface area contributed by atoms with Crippen molar-refractivity contribution in [3.8, 4) is 0 Å². The van der Waals surface area contributed by atoms with Gasteiger partial charge in [-0.15, -0.1) is 0 Å². The minimum atomic E-state index is -0.471. The maximum Gasteiger partial charge on any atom is 0.241 e. The average Bonchev–Trinajstić information content (AvgIpc) is 3.25. The molecule has 1 atom stereocenters. The average molecular weight is 449 g/mol. The van der Waals surface area contributed by atoms with Crippen LogP contribution in [0, 0.1) is 0 Å². The first-order valence-electron chi connectivity index (χ1n) is 11.6. The number of hydrogen-bond donors (Lipinski definition) is 3. The van der Waals surface area contributed by atoms with Crippen LogP contribution in [-0.2, 0) is 17.8 Å². The zero-order valence-electron chi connectivity index (χ0n) is 19.1. The lowest BCUT2D eigenvalue weighted by atomic mass is 9.99. The van der Waals surface area contributed by atoms with Gasteiger partial charge in [-0.1, -0.05) is 31.2 Å². The molecule has 3 aromatic rings. The molecule has 1 fully saturated rings. The van der Waals surface area contributed by atoms with Gasteiger partial charge in [-0.2, -0.15) is 9.61 Å². The Kier molecular flexibility index (Phi) is 7.24. The minimum Gasteiger partial charge on any atom is -0.396 e. The smallest absolute Gasteiger partial charge is 0.241 e. The second kappa shape index (κ2) is 10.5. The lowest BCUT2D eigenvalue weighted by Gasteiger charge is -2.36. The number of piperidine rings is 1. The van der Waals surface area contributed by atoms with E-state index in [0.29, 0.717) is 12.6 Å². The van der Waals surface area contributed by atoms with Crippen molar-refractivity contribution in [2.24, 2.45) is 5.73 Å². The summed E-state index contributed by atoms with van der Waals surface area (Å²) in [7, 11) is 0. The molecule has 1 unspecified atom stereocenters. The van der Waals surface area contributed by atoms with Crippen LogP contribution in [0.25, 0.3) is 11.7 Å². The van der Waals surface area contributed by atoms with Gasteiger partial charge >= 0.3 is 0 Å². The molecular formula is C25H32N6O2. The number of primary amides is 1. The highest BCUT2D eigenvalue weighted by molar-refractivity contribution is 5.90. The third-order valence-electron chi connectivity index (χ3n) is 6.24. The van der Waals surface area contributed by atoms with Crippen LogP contribution in [0.15, 0.2) is 42.6 Å². The number of hydrogen-bond acceptors (Lipinski definition) is 6. The number of carbonyl (C=O) groups is 1. The van der Waals surface area contributed by atoms with Crippen molar-refractivity contribution >= 4 is 29.3 Å². The molecule has 174 valence electrons. The van der Waals surface area contributed by atoms with Crippen LogP contribution >= 0.6 is 0 Å². The third kappa shape index (κ3) is 5.17. The number of fused-ring (bicyclic) bond motifs is 1. The lowest BCUT2D eigenvalue weighted by Crippen LogP contribution is -2.40. The summed E-state index contributed by atoms with van der Waals surface area (Å²) < 4.78 is 1.86. The molecule has 0 aliphatic carbocycles. The standard InChI is InChI=1S/C25H32N6O2/c1-2-18-17-28-31-23(27-16-20-8-4-3-7-19(20)10-11-22(26)33)15-24(29-25(18)31)30-13-6-5-9-21(30)12-14-32/h3-4,7-8,10-11,15,17,21,27,32H,2,5-6,9,12-14,16H2,1H3,(H2,26,33). The second-order valence-corrected chi connectivity index (χ2v) is 8.40. The number of carbonyl (C=O) groups excluding carboxylic acids is 1. The molecule has 8 nitrogen and oxygen atoms in total. The van der Waals surface area contributed by atoms with Crippen LogP contribution in [0.5, 0.6) is 0 Å². The van der Waals surface area contributed by atoms with Crippen molar-refractivity contribution in [2.45, 2.75) is 51.6 Å². The number of aliphatic hydroxyl groups excluding tert-OH is 1. The normalized spacial score (nSPS) is 16.5. The molecular weight excluding hydrogens is 416 g/mol. The quantitative estimate of drug-likeness (QED) is 0.434. The van der Waals surface area contributed by atoms with Gasteiger partial charge in [-0.3, -0.25) is 4.79 Å². The van der Waals surface area contributed by atoms with Crippen molar-refractivity contribution in [3.05, 3.63) is 59.3 Å². The predicted octanol–water partition coefficient (Wildman–Crippen LogP) is 3.14. The fourth-order valence-electron chi connectivity index (χ4n) is 4.48. The van der Waals surface area contributed by atoms with E-state index in [4.69, 9.17) is 10.7 Å². The van der Waals surface area contributed by atoms with Crippen LogP contribution in [0.2, 0.25) is 0 Å². The molecule has 1 aliphatic rings. The SMILES string of the molecule is CCc1cnn2c(NCc3ccccc3C=CC(N)=O)cc(N3CCCCC3CCO)nc12. The van der Waals surface area contributed by atoms with Gasteiger partial charge < -0.3 is 21.1 Å². The molecule has 0 spiro atoms. The number of nitrogens with one attached hydrogen (secondary N) is 1. The van der Waals surface area contributed by atoms with Gasteiger partial charge in [0, 0.05) is 43.4 Å². The number of amides is 1. The highest BCUT2D eigenvalue weighted by atomic mass is 16.3. The van der Waals surface area contributed by atoms with E-state index in [1.54, 1.807) is 6.08 Å². The van der Waals surface area contributed by atoms with E-state index in [9.17, 15) is 9.90 Å². The zero-order chi connectivity index (χ0) is 23.2. The first-order valence-corrected chi connectivity index (χ1v) is 11.6. The van der Waals surface area contributed by atoms with Crippen LogP contribution < -0.4 is 16.0 Å². The Hall–Kier alpha value is -3.39. The maximum atomic E-state index is 11.2. The molecule has 1 saturated heterocycles. The lowest BCUT2D eigenvalue weighted by molar-refractivity contribution is -0.113. The van der Waals surface area contributed by atoms with E-state index in [2.05, 4.69) is 28.3 Å². The molecule has 4 rings (SSSR count). The molecule has 0 radical (unpaired) electrons. The molecule has 4 N–H and O–H groups in total. The molecule has 1 aromatic carbocycles. The summed E-state index contributed by atoms with van der Waals surface area (Å²) in [5, 5.41) is 17.7. The number of aromatic nitrogens is 3. The third-order valence-corrected chi connectivity index (χ3v) is 6.24. The first-order chi connectivity index (χ1) is 16.1. The van der Waals surface area contributed by atoms with Crippen molar-refractivity contribution in [1.29, 1.82) is 0 Å². The van der Waals surface area contributed by atoms with Crippen molar-refractivity contribution in [1.82, 2.24) is 14.6 Å². The van der Waals surface area contributed by atoms with E-state index in [0.717, 1.165) is 66.2 Å². The highest BCUT2D eigenvalue weighted by Gasteiger charge is 2.25. The van der Waals surface area contributed by atoms with Gasteiger partial charge in [-0.05, 0) is 49.3 Å². The molecule has 2 aromatic heterocycles. The van der Waals surface area contributed by atoms with Crippen LogP contribution in [0.1, 0.15) is 49.3 Å². The fourth-order valence-corrected chi connectivity index (χ4v) is 4.48. The molecule has 0 bridgehead atoms. The van der Waals surface area contributed by atoms with Gasteiger partial charge in [0.15, 0.2) is 5.65 Å². The van der Waals surface area contributed by atoms with E-state index in [1.807, 2.05) is 35.0 Å². The Morgan fingerprint density at radius 1 is 1.30 bits per heavy atom. The fraction of sp³-hybridized carbons (Fsp3) is 0.400. The van der Waals surface area contributed by atoms with Crippen LogP contribution in [0.4, 0.5) is 11.6 Å². The number of benzene rings is 1. The first kappa shape index (κ1) is 22.8. The number of aryl methyl sites for hydroxylation is 1. The summed E-state index contributed by atoms with van der Waals surface area (Å²) in [6, 6.07) is 10.2. The maximum absolute atomic E-state index is 11.2.